The van der Waals surface area contributed by atoms with E-state index >= 15 is 0 Å². The summed E-state index contributed by atoms with van der Waals surface area (Å²) < 4.78 is 11.6. The summed E-state index contributed by atoms with van der Waals surface area (Å²) in [6.45, 7) is 4.18. The van der Waals surface area contributed by atoms with Crippen LogP contribution in [0.15, 0.2) is 54.7 Å². The van der Waals surface area contributed by atoms with Crippen molar-refractivity contribution in [2.24, 2.45) is 0 Å². The second-order valence-electron chi connectivity index (χ2n) is 8.77. The maximum atomic E-state index is 13.0. The number of benzene rings is 2. The highest BCUT2D eigenvalue weighted by Crippen LogP contribution is 2.34. The van der Waals surface area contributed by atoms with Gasteiger partial charge in [-0.2, -0.15) is 0 Å². The number of fused-ring (bicyclic) bond motifs is 1. The minimum absolute atomic E-state index is 0.00940. The molecule has 1 spiro atoms. The molecule has 1 amide bonds. The molecule has 2 saturated heterocycles. The predicted octanol–water partition coefficient (Wildman–Crippen LogP) is 4.67. The van der Waals surface area contributed by atoms with E-state index < -0.39 is 0 Å². The van der Waals surface area contributed by atoms with E-state index in [0.717, 1.165) is 66.5 Å². The molecule has 1 aromatic heterocycles. The van der Waals surface area contributed by atoms with Crippen molar-refractivity contribution in [3.8, 4) is 11.1 Å². The van der Waals surface area contributed by atoms with Crippen LogP contribution in [0, 0.1) is 6.92 Å². The van der Waals surface area contributed by atoms with Crippen LogP contribution in [0.25, 0.3) is 21.9 Å². The second-order valence-corrected chi connectivity index (χ2v) is 8.77. The van der Waals surface area contributed by atoms with E-state index in [4.69, 9.17) is 9.47 Å². The molecule has 31 heavy (non-hydrogen) atoms. The summed E-state index contributed by atoms with van der Waals surface area (Å²) in [5, 5.41) is 5.43. The molecule has 2 fully saturated rings. The van der Waals surface area contributed by atoms with Gasteiger partial charge in [0.2, 0.25) is 0 Å². The van der Waals surface area contributed by atoms with E-state index in [1.54, 1.807) is 0 Å². The number of carbonyl (C=O) groups is 1. The number of nitrogens with zero attached hydrogens (tertiary/aromatic N) is 1. The predicted molar refractivity (Wildman–Crippen MR) is 121 cm³/mol. The summed E-state index contributed by atoms with van der Waals surface area (Å²) in [5.74, 6) is -0.00940. The van der Waals surface area contributed by atoms with Crippen molar-refractivity contribution in [3.05, 3.63) is 66.0 Å². The molecule has 5 heteroatoms. The monoisotopic (exact) mass is 416 g/mol. The number of nitrogens with one attached hydrogen (secondary N) is 1. The molecule has 1 unspecified atom stereocenters. The molecule has 2 aliphatic rings. The third-order valence-corrected chi connectivity index (χ3v) is 6.56. The Labute approximate surface area is 182 Å². The normalized spacial score (nSPS) is 20.6. The van der Waals surface area contributed by atoms with Crippen LogP contribution >= 0.6 is 0 Å². The van der Waals surface area contributed by atoms with Crippen LogP contribution in [0.3, 0.4) is 0 Å². The van der Waals surface area contributed by atoms with Gasteiger partial charge in [0.25, 0.3) is 5.91 Å². The lowest BCUT2D eigenvalue weighted by molar-refractivity contribution is -0.139. The number of carbonyl (C=O) groups excluding carboxylic acids is 1. The standard InChI is InChI=1S/C26H28N2O3/c1-18-14-22(6-10-27-18)20-2-3-21-16-23(5-4-19(21)15-20)25(29)28-24-7-11-31-26(17-24)8-12-30-13-9-26/h2-6,10,14-16,24H,7-9,11-13,17H2,1H3,(H,28,29). The fourth-order valence-electron chi connectivity index (χ4n) is 4.80. The van der Waals surface area contributed by atoms with Gasteiger partial charge in [-0.25, -0.2) is 0 Å². The van der Waals surface area contributed by atoms with Gasteiger partial charge in [-0.3, -0.25) is 9.78 Å². The smallest absolute Gasteiger partial charge is 0.251 e. The maximum absolute atomic E-state index is 13.0. The van der Waals surface area contributed by atoms with Crippen LogP contribution in [0.1, 0.15) is 41.7 Å². The average Bonchev–Trinajstić information content (AvgIpc) is 2.79. The van der Waals surface area contributed by atoms with E-state index in [9.17, 15) is 4.79 Å². The summed E-state index contributed by atoms with van der Waals surface area (Å²) in [7, 11) is 0. The minimum Gasteiger partial charge on any atom is -0.381 e. The highest BCUT2D eigenvalue weighted by molar-refractivity contribution is 5.99. The Balaban J connectivity index is 1.31. The molecule has 160 valence electrons. The van der Waals surface area contributed by atoms with Crippen LogP contribution in [-0.2, 0) is 9.47 Å². The number of hydrogen-bond acceptors (Lipinski definition) is 4. The number of rotatable bonds is 3. The summed E-state index contributed by atoms with van der Waals surface area (Å²) in [5.41, 5.74) is 3.88. The molecule has 0 saturated carbocycles. The molecule has 0 radical (unpaired) electrons. The molecular formula is C26H28N2O3. The Morgan fingerprint density at radius 3 is 2.61 bits per heavy atom. The molecule has 3 heterocycles. The van der Waals surface area contributed by atoms with Crippen molar-refractivity contribution < 1.29 is 14.3 Å². The Morgan fingerprint density at radius 1 is 1.00 bits per heavy atom. The lowest BCUT2D eigenvalue weighted by Gasteiger charge is -2.43. The Bertz CT molecular complexity index is 1100. The summed E-state index contributed by atoms with van der Waals surface area (Å²) in [4.78, 5) is 17.2. The number of aryl methyl sites for hydroxylation is 1. The van der Waals surface area contributed by atoms with Gasteiger partial charge in [-0.15, -0.1) is 0 Å². The van der Waals surface area contributed by atoms with Crippen LogP contribution in [-0.4, -0.2) is 42.4 Å². The van der Waals surface area contributed by atoms with Crippen molar-refractivity contribution in [2.75, 3.05) is 19.8 Å². The van der Waals surface area contributed by atoms with E-state index in [-0.39, 0.29) is 17.6 Å². The SMILES string of the molecule is Cc1cc(-c2ccc3cc(C(=O)NC4CCOC5(CCOCC5)C4)ccc3c2)ccn1. The fourth-order valence-corrected chi connectivity index (χ4v) is 4.80. The van der Waals surface area contributed by atoms with Gasteiger partial charge in [0.05, 0.1) is 5.60 Å². The molecule has 2 aromatic carbocycles. The maximum Gasteiger partial charge on any atom is 0.251 e. The number of ether oxygens (including phenoxy) is 2. The quantitative estimate of drug-likeness (QED) is 0.674. The first-order valence-corrected chi connectivity index (χ1v) is 11.1. The third-order valence-electron chi connectivity index (χ3n) is 6.56. The van der Waals surface area contributed by atoms with Gasteiger partial charge in [-0.1, -0.05) is 18.2 Å². The Morgan fingerprint density at radius 2 is 1.77 bits per heavy atom. The third kappa shape index (κ3) is 4.34. The van der Waals surface area contributed by atoms with Crippen molar-refractivity contribution in [1.82, 2.24) is 10.3 Å². The second kappa shape index (κ2) is 8.40. The van der Waals surface area contributed by atoms with E-state index in [0.29, 0.717) is 12.2 Å². The summed E-state index contributed by atoms with van der Waals surface area (Å²) in [6.07, 6.45) is 5.38. The first-order chi connectivity index (χ1) is 15.1. The van der Waals surface area contributed by atoms with E-state index in [2.05, 4.69) is 34.6 Å². The number of amides is 1. The van der Waals surface area contributed by atoms with Crippen molar-refractivity contribution >= 4 is 16.7 Å². The highest BCUT2D eigenvalue weighted by atomic mass is 16.5. The van der Waals surface area contributed by atoms with Crippen molar-refractivity contribution in [1.29, 1.82) is 0 Å². The number of hydrogen-bond donors (Lipinski definition) is 1. The topological polar surface area (TPSA) is 60.5 Å². The lowest BCUT2D eigenvalue weighted by atomic mass is 9.84. The van der Waals surface area contributed by atoms with Gasteiger partial charge in [0, 0.05) is 43.3 Å². The Hall–Kier alpha value is -2.76. The summed E-state index contributed by atoms with van der Waals surface area (Å²) >= 11 is 0. The molecule has 3 aromatic rings. The lowest BCUT2D eigenvalue weighted by Crippen LogP contribution is -2.51. The van der Waals surface area contributed by atoms with Crippen LogP contribution in [0.2, 0.25) is 0 Å². The molecular weight excluding hydrogens is 388 g/mol. The zero-order chi connectivity index (χ0) is 21.3. The minimum atomic E-state index is -0.125. The number of pyridine rings is 1. The molecule has 0 aliphatic carbocycles. The molecule has 5 rings (SSSR count). The van der Waals surface area contributed by atoms with Crippen LogP contribution < -0.4 is 5.32 Å². The van der Waals surface area contributed by atoms with Gasteiger partial charge in [0.15, 0.2) is 0 Å². The van der Waals surface area contributed by atoms with E-state index in [1.807, 2.05) is 37.4 Å². The fraction of sp³-hybridized carbons (Fsp3) is 0.385. The van der Waals surface area contributed by atoms with Gasteiger partial charge >= 0.3 is 0 Å². The molecule has 5 nitrogen and oxygen atoms in total. The number of aromatic nitrogens is 1. The summed E-state index contributed by atoms with van der Waals surface area (Å²) in [6, 6.07) is 16.5. The average molecular weight is 417 g/mol. The van der Waals surface area contributed by atoms with Gasteiger partial charge < -0.3 is 14.8 Å². The highest BCUT2D eigenvalue weighted by Gasteiger charge is 2.39. The zero-order valence-electron chi connectivity index (χ0n) is 17.9. The van der Waals surface area contributed by atoms with Crippen molar-refractivity contribution in [3.63, 3.8) is 0 Å². The molecule has 0 bridgehead atoms. The largest absolute Gasteiger partial charge is 0.381 e. The first kappa shape index (κ1) is 20.2. The molecule has 1 atom stereocenters. The molecule has 2 aliphatic heterocycles. The van der Waals surface area contributed by atoms with Crippen molar-refractivity contribution in [2.45, 2.75) is 44.2 Å². The van der Waals surface area contributed by atoms with Crippen LogP contribution in [0.5, 0.6) is 0 Å². The molecule has 1 N–H and O–H groups in total. The first-order valence-electron chi connectivity index (χ1n) is 11.1. The van der Waals surface area contributed by atoms with E-state index in [1.165, 1.54) is 0 Å². The van der Waals surface area contributed by atoms with Gasteiger partial charge in [0.1, 0.15) is 0 Å². The van der Waals surface area contributed by atoms with Crippen LogP contribution in [0.4, 0.5) is 0 Å². The zero-order valence-corrected chi connectivity index (χ0v) is 17.9. The Kier molecular flexibility index (Phi) is 5.47. The van der Waals surface area contributed by atoms with Gasteiger partial charge in [-0.05, 0) is 84.8 Å².